The van der Waals surface area contributed by atoms with Crippen LogP contribution in [0.5, 0.6) is 17.2 Å². The fraction of sp³-hybridized carbons (Fsp3) is 0.136. The summed E-state index contributed by atoms with van der Waals surface area (Å²) in [5.74, 6) is 1.16. The number of phenols is 2. The molecule has 2 heterocycles. The highest BCUT2D eigenvalue weighted by atomic mass is 35.5. The van der Waals surface area contributed by atoms with Crippen molar-refractivity contribution in [3.8, 4) is 17.2 Å². The Morgan fingerprint density at radius 3 is 2.57 bits per heavy atom. The van der Waals surface area contributed by atoms with Crippen LogP contribution >= 0.6 is 11.6 Å². The zero-order chi connectivity index (χ0) is 19.3. The molecule has 0 aromatic heterocycles. The molecule has 0 saturated heterocycles. The fourth-order valence-corrected chi connectivity index (χ4v) is 3.98. The number of hydrogen-bond acceptors (Lipinski definition) is 5. The smallest absolute Gasteiger partial charge is 0.213 e. The number of phenolic OH excluding ortho intramolecular Hbond substituents is 2. The van der Waals surface area contributed by atoms with Crippen LogP contribution in [0.4, 0.5) is 0 Å². The molecule has 3 aromatic rings. The second-order valence-corrected chi connectivity index (χ2v) is 7.34. The van der Waals surface area contributed by atoms with Crippen molar-refractivity contribution in [1.29, 1.82) is 0 Å². The van der Waals surface area contributed by atoms with E-state index in [1.807, 2.05) is 47.5 Å². The summed E-state index contributed by atoms with van der Waals surface area (Å²) in [6.07, 6.45) is 0.186. The zero-order valence-corrected chi connectivity index (χ0v) is 15.5. The van der Waals surface area contributed by atoms with E-state index < -0.39 is 6.23 Å². The minimum Gasteiger partial charge on any atom is -0.508 e. The molecule has 0 radical (unpaired) electrons. The maximum atomic E-state index is 10.3. The van der Waals surface area contributed by atoms with Crippen molar-refractivity contribution in [2.75, 3.05) is 0 Å². The number of halogens is 1. The molecule has 3 aromatic carbocycles. The Morgan fingerprint density at radius 1 is 1.00 bits per heavy atom. The summed E-state index contributed by atoms with van der Waals surface area (Å²) >= 11 is 6.24. The van der Waals surface area contributed by atoms with E-state index in [0.717, 1.165) is 22.6 Å². The molecular weight excluding hydrogens is 376 g/mol. The van der Waals surface area contributed by atoms with E-state index in [2.05, 4.69) is 0 Å². The van der Waals surface area contributed by atoms with Crippen LogP contribution in [0.2, 0.25) is 5.02 Å². The fourth-order valence-electron chi connectivity index (χ4n) is 3.80. The highest BCUT2D eigenvalue weighted by Crippen LogP contribution is 2.48. The van der Waals surface area contributed by atoms with Crippen LogP contribution in [0, 0.1) is 0 Å². The average molecular weight is 393 g/mol. The van der Waals surface area contributed by atoms with Crippen molar-refractivity contribution in [2.45, 2.75) is 18.7 Å². The number of para-hydroxylation sites is 1. The van der Waals surface area contributed by atoms with Crippen LogP contribution in [0.25, 0.3) is 0 Å². The first kappa shape index (κ1) is 17.0. The van der Waals surface area contributed by atoms with E-state index in [0.29, 0.717) is 17.0 Å². The first-order valence-electron chi connectivity index (χ1n) is 8.99. The Hall–Kier alpha value is -3.18. The molecule has 140 valence electrons. The van der Waals surface area contributed by atoms with Crippen molar-refractivity contribution in [3.63, 3.8) is 0 Å². The van der Waals surface area contributed by atoms with E-state index in [-0.39, 0.29) is 17.5 Å². The predicted molar refractivity (Wildman–Crippen MR) is 107 cm³/mol. The Balaban J connectivity index is 1.62. The highest BCUT2D eigenvalue weighted by Gasteiger charge is 2.41. The first-order valence-corrected chi connectivity index (χ1v) is 9.37. The molecule has 5 rings (SSSR count). The Kier molecular flexibility index (Phi) is 3.91. The van der Waals surface area contributed by atoms with E-state index in [1.54, 1.807) is 24.3 Å². The molecule has 2 aliphatic rings. The van der Waals surface area contributed by atoms with Gasteiger partial charge in [0, 0.05) is 28.1 Å². The van der Waals surface area contributed by atoms with Gasteiger partial charge < -0.3 is 14.9 Å². The van der Waals surface area contributed by atoms with Crippen LogP contribution in [-0.2, 0) is 0 Å². The van der Waals surface area contributed by atoms with Crippen LogP contribution in [0.1, 0.15) is 35.4 Å². The third-order valence-electron chi connectivity index (χ3n) is 5.15. The van der Waals surface area contributed by atoms with Gasteiger partial charge in [-0.1, -0.05) is 23.7 Å². The molecule has 0 amide bonds. The predicted octanol–water partition coefficient (Wildman–Crippen LogP) is 4.99. The molecule has 28 heavy (non-hydrogen) atoms. The van der Waals surface area contributed by atoms with Gasteiger partial charge in [-0.05, 0) is 54.6 Å². The van der Waals surface area contributed by atoms with Gasteiger partial charge in [0.25, 0.3) is 0 Å². The van der Waals surface area contributed by atoms with Crippen LogP contribution in [-0.4, -0.2) is 20.9 Å². The van der Waals surface area contributed by atoms with Gasteiger partial charge in [-0.25, -0.2) is 5.01 Å². The van der Waals surface area contributed by atoms with Crippen molar-refractivity contribution in [1.82, 2.24) is 5.01 Å². The number of rotatable bonds is 2. The molecule has 2 atom stereocenters. The van der Waals surface area contributed by atoms with Crippen LogP contribution < -0.4 is 4.74 Å². The molecule has 0 saturated carbocycles. The lowest BCUT2D eigenvalue weighted by molar-refractivity contribution is -0.0190. The molecule has 0 spiro atoms. The second-order valence-electron chi connectivity index (χ2n) is 6.91. The van der Waals surface area contributed by atoms with Gasteiger partial charge in [-0.3, -0.25) is 0 Å². The standard InChI is InChI=1S/C22H17ClN2O3/c23-14-7-10-21-17(11-14)19-12-18(16-3-1-2-4-20(16)27)24-25(19)22(28-21)13-5-8-15(26)9-6-13/h1-11,19,22,26-27H,12H2/t19-,22+/m1/s1. The molecular formula is C22H17ClN2O3. The lowest BCUT2D eigenvalue weighted by atomic mass is 9.95. The number of nitrogens with zero attached hydrogens (tertiary/aromatic N) is 2. The highest BCUT2D eigenvalue weighted by molar-refractivity contribution is 6.30. The normalized spacial score (nSPS) is 20.2. The number of hydrazone groups is 1. The summed E-state index contributed by atoms with van der Waals surface area (Å²) in [5.41, 5.74) is 3.36. The minimum absolute atomic E-state index is 0.0594. The van der Waals surface area contributed by atoms with Gasteiger partial charge in [0.1, 0.15) is 17.2 Å². The molecule has 5 nitrogen and oxygen atoms in total. The Morgan fingerprint density at radius 2 is 1.79 bits per heavy atom. The number of fused-ring (bicyclic) bond motifs is 3. The van der Waals surface area contributed by atoms with Gasteiger partial charge in [-0.2, -0.15) is 5.10 Å². The Bertz CT molecular complexity index is 1080. The van der Waals surface area contributed by atoms with E-state index in [1.165, 1.54) is 0 Å². The molecule has 2 aliphatic heterocycles. The van der Waals surface area contributed by atoms with Gasteiger partial charge >= 0.3 is 0 Å². The average Bonchev–Trinajstić information content (AvgIpc) is 3.14. The maximum Gasteiger partial charge on any atom is 0.213 e. The van der Waals surface area contributed by atoms with Crippen LogP contribution in [0.15, 0.2) is 71.8 Å². The lowest BCUT2D eigenvalue weighted by Gasteiger charge is -2.38. The number of aromatic hydroxyl groups is 2. The van der Waals surface area contributed by atoms with E-state index in [4.69, 9.17) is 21.4 Å². The van der Waals surface area contributed by atoms with Crippen molar-refractivity contribution >= 4 is 17.3 Å². The summed E-state index contributed by atoms with van der Waals surface area (Å²) in [5, 5.41) is 27.3. The molecule has 0 fully saturated rings. The molecule has 0 unspecified atom stereocenters. The van der Waals surface area contributed by atoms with Crippen molar-refractivity contribution in [3.05, 3.63) is 88.4 Å². The molecule has 6 heteroatoms. The number of ether oxygens (including phenoxy) is 1. The summed E-state index contributed by atoms with van der Waals surface area (Å²) in [7, 11) is 0. The SMILES string of the molecule is Oc1ccc([C@@H]2Oc3ccc(Cl)cc3[C@H]3CC(c4ccccc4O)=NN32)cc1. The second kappa shape index (κ2) is 6.46. The van der Waals surface area contributed by atoms with E-state index >= 15 is 0 Å². The van der Waals surface area contributed by atoms with Crippen molar-refractivity contribution in [2.24, 2.45) is 5.10 Å². The van der Waals surface area contributed by atoms with Gasteiger partial charge in [-0.15, -0.1) is 0 Å². The first-order chi connectivity index (χ1) is 13.6. The van der Waals surface area contributed by atoms with Gasteiger partial charge in [0.05, 0.1) is 11.8 Å². The summed E-state index contributed by atoms with van der Waals surface area (Å²) in [4.78, 5) is 0. The van der Waals surface area contributed by atoms with Crippen LogP contribution in [0.3, 0.4) is 0 Å². The van der Waals surface area contributed by atoms with Crippen molar-refractivity contribution < 1.29 is 14.9 Å². The Labute approximate surface area is 167 Å². The lowest BCUT2D eigenvalue weighted by Crippen LogP contribution is -2.33. The molecule has 0 aliphatic carbocycles. The summed E-state index contributed by atoms with van der Waals surface area (Å²) in [6.45, 7) is 0. The topological polar surface area (TPSA) is 65.3 Å². The third kappa shape index (κ3) is 2.75. The minimum atomic E-state index is -0.442. The largest absolute Gasteiger partial charge is 0.508 e. The summed E-state index contributed by atoms with van der Waals surface area (Å²) in [6, 6.07) is 19.6. The van der Waals surface area contributed by atoms with E-state index in [9.17, 15) is 10.2 Å². The number of hydrogen-bond donors (Lipinski definition) is 2. The third-order valence-corrected chi connectivity index (χ3v) is 5.38. The monoisotopic (exact) mass is 392 g/mol. The maximum absolute atomic E-state index is 10.3. The van der Waals surface area contributed by atoms with Gasteiger partial charge in [0.2, 0.25) is 6.23 Å². The van der Waals surface area contributed by atoms with Gasteiger partial charge in [0.15, 0.2) is 0 Å². The quantitative estimate of drug-likeness (QED) is 0.644. The zero-order valence-electron chi connectivity index (χ0n) is 14.8. The molecule has 0 bridgehead atoms. The molecule has 2 N–H and O–H groups in total. The number of benzene rings is 3. The summed E-state index contributed by atoms with van der Waals surface area (Å²) < 4.78 is 6.26.